The Morgan fingerprint density at radius 3 is 1.54 bits per heavy atom. The van der Waals surface area contributed by atoms with E-state index in [4.69, 9.17) is 0 Å². The smallest absolute Gasteiger partial charge is 0.0547 e. The SMILES string of the molecule is c1ccc(-c2ccc(N(c3ccc(-c4cccc5ccccc45)cc3)c3ccc(-n4c5ccccc5c5c6ccccc6ccc54)cc3)cc2)cc1. The second-order valence-corrected chi connectivity index (χ2v) is 13.4. The van der Waals surface area contributed by atoms with Crippen molar-refractivity contribution in [2.24, 2.45) is 0 Å². The van der Waals surface area contributed by atoms with Gasteiger partial charge in [-0.05, 0) is 104 Å². The molecule has 0 aliphatic heterocycles. The topological polar surface area (TPSA) is 8.17 Å². The summed E-state index contributed by atoms with van der Waals surface area (Å²) in [5.74, 6) is 0. The van der Waals surface area contributed by atoms with Crippen LogP contribution in [0.25, 0.3) is 71.3 Å². The van der Waals surface area contributed by atoms with Gasteiger partial charge in [0.2, 0.25) is 0 Å². The van der Waals surface area contributed by atoms with Crippen molar-refractivity contribution in [2.75, 3.05) is 4.90 Å². The Bertz CT molecular complexity index is 2860. The number of hydrogen-bond donors (Lipinski definition) is 0. The highest BCUT2D eigenvalue weighted by molar-refractivity contribution is 6.21. The number of rotatable bonds is 6. The second-order valence-electron chi connectivity index (χ2n) is 13.4. The molecule has 2 heteroatoms. The van der Waals surface area contributed by atoms with Crippen molar-refractivity contribution in [3.05, 3.63) is 206 Å². The van der Waals surface area contributed by atoms with Crippen LogP contribution in [0.15, 0.2) is 206 Å². The van der Waals surface area contributed by atoms with Gasteiger partial charge >= 0.3 is 0 Å². The van der Waals surface area contributed by atoms with Gasteiger partial charge in [-0.25, -0.2) is 0 Å². The fourth-order valence-electron chi connectivity index (χ4n) is 7.92. The van der Waals surface area contributed by atoms with E-state index in [-0.39, 0.29) is 0 Å². The first-order valence-corrected chi connectivity index (χ1v) is 17.9. The van der Waals surface area contributed by atoms with Gasteiger partial charge in [0, 0.05) is 33.5 Å². The molecule has 9 aromatic carbocycles. The third kappa shape index (κ3) is 5.04. The first kappa shape index (κ1) is 30.0. The first-order chi connectivity index (χ1) is 25.8. The lowest BCUT2D eigenvalue weighted by molar-refractivity contribution is 1.17. The molecule has 2 nitrogen and oxygen atoms in total. The summed E-state index contributed by atoms with van der Waals surface area (Å²) < 4.78 is 2.40. The minimum Gasteiger partial charge on any atom is -0.311 e. The molecule has 0 radical (unpaired) electrons. The van der Waals surface area contributed by atoms with E-state index < -0.39 is 0 Å². The molecule has 52 heavy (non-hydrogen) atoms. The fraction of sp³-hybridized carbons (Fsp3) is 0. The molecule has 0 saturated carbocycles. The van der Waals surface area contributed by atoms with Crippen LogP contribution in [0, 0.1) is 0 Å². The van der Waals surface area contributed by atoms with Crippen LogP contribution in [0.4, 0.5) is 17.1 Å². The molecular weight excluding hydrogens is 629 g/mol. The molecule has 244 valence electrons. The average molecular weight is 663 g/mol. The molecule has 0 amide bonds. The number of para-hydroxylation sites is 1. The maximum absolute atomic E-state index is 2.40. The Morgan fingerprint density at radius 2 is 0.827 bits per heavy atom. The maximum Gasteiger partial charge on any atom is 0.0547 e. The monoisotopic (exact) mass is 662 g/mol. The van der Waals surface area contributed by atoms with Crippen molar-refractivity contribution in [1.29, 1.82) is 0 Å². The Hall–Kier alpha value is -6.90. The van der Waals surface area contributed by atoms with Crippen LogP contribution in [0.1, 0.15) is 0 Å². The third-order valence-electron chi connectivity index (χ3n) is 10.4. The van der Waals surface area contributed by atoms with Crippen LogP contribution in [-0.4, -0.2) is 4.57 Å². The molecule has 0 aliphatic rings. The van der Waals surface area contributed by atoms with E-state index in [0.29, 0.717) is 0 Å². The first-order valence-electron chi connectivity index (χ1n) is 17.9. The Labute approximate surface area is 303 Å². The van der Waals surface area contributed by atoms with Gasteiger partial charge in [0.05, 0.1) is 11.0 Å². The van der Waals surface area contributed by atoms with Gasteiger partial charge in [0.1, 0.15) is 0 Å². The highest BCUT2D eigenvalue weighted by Crippen LogP contribution is 2.40. The van der Waals surface area contributed by atoms with Crippen molar-refractivity contribution >= 4 is 60.4 Å². The van der Waals surface area contributed by atoms with Crippen LogP contribution < -0.4 is 4.90 Å². The summed E-state index contributed by atoms with van der Waals surface area (Å²) in [6.45, 7) is 0. The minimum absolute atomic E-state index is 1.10. The summed E-state index contributed by atoms with van der Waals surface area (Å²) in [4.78, 5) is 2.35. The Kier molecular flexibility index (Phi) is 7.18. The molecule has 1 heterocycles. The van der Waals surface area contributed by atoms with Crippen molar-refractivity contribution in [1.82, 2.24) is 4.57 Å². The highest BCUT2D eigenvalue weighted by atomic mass is 15.1. The van der Waals surface area contributed by atoms with Gasteiger partial charge in [-0.3, -0.25) is 0 Å². The largest absolute Gasteiger partial charge is 0.311 e. The van der Waals surface area contributed by atoms with Gasteiger partial charge in [0.15, 0.2) is 0 Å². The molecule has 0 unspecified atom stereocenters. The molecule has 0 aliphatic carbocycles. The highest BCUT2D eigenvalue weighted by Gasteiger charge is 2.17. The van der Waals surface area contributed by atoms with Crippen LogP contribution >= 0.6 is 0 Å². The zero-order chi connectivity index (χ0) is 34.4. The molecule has 10 rings (SSSR count). The van der Waals surface area contributed by atoms with Gasteiger partial charge in [0.25, 0.3) is 0 Å². The van der Waals surface area contributed by atoms with Gasteiger partial charge < -0.3 is 9.47 Å². The second kappa shape index (κ2) is 12.5. The molecule has 0 fully saturated rings. The van der Waals surface area contributed by atoms with Crippen LogP contribution in [0.5, 0.6) is 0 Å². The quantitative estimate of drug-likeness (QED) is 0.172. The van der Waals surface area contributed by atoms with Gasteiger partial charge in [-0.1, -0.05) is 146 Å². The normalized spacial score (nSPS) is 11.5. The van der Waals surface area contributed by atoms with Crippen molar-refractivity contribution in [3.8, 4) is 27.9 Å². The van der Waals surface area contributed by atoms with Gasteiger partial charge in [-0.15, -0.1) is 0 Å². The molecule has 1 aromatic heterocycles. The van der Waals surface area contributed by atoms with E-state index in [0.717, 1.165) is 22.7 Å². The summed E-state index contributed by atoms with van der Waals surface area (Å²) in [6.07, 6.45) is 0. The summed E-state index contributed by atoms with van der Waals surface area (Å²) in [5.41, 5.74) is 11.7. The van der Waals surface area contributed by atoms with Crippen molar-refractivity contribution < 1.29 is 0 Å². The number of benzene rings is 9. The van der Waals surface area contributed by atoms with E-state index in [1.807, 2.05) is 0 Å². The molecule has 0 spiro atoms. The molecular formula is C50H34N2. The minimum atomic E-state index is 1.10. The van der Waals surface area contributed by atoms with Gasteiger partial charge in [-0.2, -0.15) is 0 Å². The molecule has 0 N–H and O–H groups in total. The predicted octanol–water partition coefficient (Wildman–Crippen LogP) is 13.9. The van der Waals surface area contributed by atoms with Crippen molar-refractivity contribution in [3.63, 3.8) is 0 Å². The number of nitrogens with zero attached hydrogens (tertiary/aromatic N) is 2. The third-order valence-corrected chi connectivity index (χ3v) is 10.4. The standard InChI is InChI=1S/C50H34N2/c1-2-11-35(12-3-1)36-21-26-40(27-22-36)51(41-28-23-39(24-29-41)45-19-10-15-37-13-4-6-16-44(37)45)42-30-32-43(33-31-42)52-48-20-9-8-18-47(48)50-46-17-7-5-14-38(46)25-34-49(50)52/h1-34H. The summed E-state index contributed by atoms with van der Waals surface area (Å²) in [5, 5.41) is 7.62. The zero-order valence-corrected chi connectivity index (χ0v) is 28.5. The molecule has 0 atom stereocenters. The average Bonchev–Trinajstić information content (AvgIpc) is 3.57. The Morgan fingerprint density at radius 1 is 0.308 bits per heavy atom. The van der Waals surface area contributed by atoms with E-state index >= 15 is 0 Å². The summed E-state index contributed by atoms with van der Waals surface area (Å²) in [6, 6.07) is 74.6. The lowest BCUT2D eigenvalue weighted by Gasteiger charge is -2.26. The maximum atomic E-state index is 2.40. The van der Waals surface area contributed by atoms with E-state index in [9.17, 15) is 0 Å². The number of hydrogen-bond acceptors (Lipinski definition) is 1. The zero-order valence-electron chi connectivity index (χ0n) is 28.5. The number of aromatic nitrogens is 1. The van der Waals surface area contributed by atoms with Crippen molar-refractivity contribution in [2.45, 2.75) is 0 Å². The predicted molar refractivity (Wildman–Crippen MR) is 221 cm³/mol. The summed E-state index contributed by atoms with van der Waals surface area (Å²) >= 11 is 0. The van der Waals surface area contributed by atoms with E-state index in [2.05, 4.69) is 216 Å². The van der Waals surface area contributed by atoms with Crippen LogP contribution in [0.2, 0.25) is 0 Å². The van der Waals surface area contributed by atoms with Crippen LogP contribution in [0.3, 0.4) is 0 Å². The lowest BCUT2D eigenvalue weighted by atomic mass is 9.98. The number of fused-ring (bicyclic) bond motifs is 6. The molecule has 10 aromatic rings. The number of anilines is 3. The Balaban J connectivity index is 1.09. The van der Waals surface area contributed by atoms with E-state index in [1.54, 1.807) is 0 Å². The van der Waals surface area contributed by atoms with Crippen LogP contribution in [-0.2, 0) is 0 Å². The molecule has 0 saturated heterocycles. The molecule has 0 bridgehead atoms. The van der Waals surface area contributed by atoms with E-state index in [1.165, 1.54) is 65.6 Å². The summed E-state index contributed by atoms with van der Waals surface area (Å²) in [7, 11) is 0. The lowest BCUT2D eigenvalue weighted by Crippen LogP contribution is -2.10. The fourth-order valence-corrected chi connectivity index (χ4v) is 7.92.